The molecule has 0 aromatic heterocycles. The number of imide groups is 1. The molecule has 0 aliphatic carbocycles. The molecule has 1 atom stereocenters. The van der Waals surface area contributed by atoms with E-state index in [-0.39, 0.29) is 0 Å². The Morgan fingerprint density at radius 1 is 1.22 bits per heavy atom. The van der Waals surface area contributed by atoms with Gasteiger partial charge in [-0.2, -0.15) is 0 Å². The van der Waals surface area contributed by atoms with Crippen LogP contribution in [-0.2, 0) is 4.79 Å². The summed E-state index contributed by atoms with van der Waals surface area (Å²) in [5.41, 5.74) is 1.58. The smallest absolute Gasteiger partial charge is 0.284 e. The lowest BCUT2D eigenvalue weighted by atomic mass is 9.91. The van der Waals surface area contributed by atoms with E-state index in [1.807, 2.05) is 0 Å². The fourth-order valence-electron chi connectivity index (χ4n) is 2.61. The van der Waals surface area contributed by atoms with Gasteiger partial charge < -0.3 is 0 Å². The van der Waals surface area contributed by atoms with Crippen LogP contribution >= 0.6 is 0 Å². The summed E-state index contributed by atoms with van der Waals surface area (Å²) in [5.74, 6) is -1.23. The third kappa shape index (κ3) is 2.44. The van der Waals surface area contributed by atoms with E-state index < -0.39 is 23.7 Å². The molecule has 23 heavy (non-hydrogen) atoms. The second-order valence-corrected chi connectivity index (χ2v) is 5.45. The molecule has 1 unspecified atom stereocenters. The Labute approximate surface area is 132 Å². The van der Waals surface area contributed by atoms with Gasteiger partial charge in [0, 0.05) is 20.3 Å². The number of carbonyl (C=O) groups excluding carboxylic acids is 2. The van der Waals surface area contributed by atoms with Crippen molar-refractivity contribution in [2.24, 2.45) is 15.9 Å². The fraction of sp³-hybridized carbons (Fsp3) is 0.250. The number of amides is 3. The standard InChI is InChI=1S/C16H15FN4O2/c1-9-8-18-14-12(15(22)21(3)16(23)20(14)2)13(9)19-11-6-4-5-10(17)7-11/h4-8,12H,1-3H3. The molecule has 1 fully saturated rings. The molecule has 118 valence electrons. The van der Waals surface area contributed by atoms with Crippen molar-refractivity contribution in [3.05, 3.63) is 41.9 Å². The molecule has 1 saturated heterocycles. The van der Waals surface area contributed by atoms with Gasteiger partial charge in [-0.3, -0.25) is 19.6 Å². The monoisotopic (exact) mass is 314 g/mol. The van der Waals surface area contributed by atoms with Crippen molar-refractivity contribution in [2.45, 2.75) is 6.92 Å². The van der Waals surface area contributed by atoms with Crippen molar-refractivity contribution in [1.29, 1.82) is 0 Å². The summed E-state index contributed by atoms with van der Waals surface area (Å²) in [7, 11) is 2.98. The zero-order chi connectivity index (χ0) is 16.7. The van der Waals surface area contributed by atoms with E-state index in [0.717, 1.165) is 4.90 Å². The second kappa shape index (κ2) is 5.42. The van der Waals surface area contributed by atoms with Crippen LogP contribution in [0.5, 0.6) is 0 Å². The van der Waals surface area contributed by atoms with Gasteiger partial charge in [-0.1, -0.05) is 6.07 Å². The highest BCUT2D eigenvalue weighted by Gasteiger charge is 2.45. The molecular formula is C16H15FN4O2. The maximum absolute atomic E-state index is 13.4. The molecule has 2 aliphatic heterocycles. The average molecular weight is 314 g/mol. The molecule has 0 saturated carbocycles. The van der Waals surface area contributed by atoms with Gasteiger partial charge in [-0.15, -0.1) is 0 Å². The molecule has 0 spiro atoms. The Morgan fingerprint density at radius 3 is 2.65 bits per heavy atom. The Balaban J connectivity index is 2.11. The number of hydrogen-bond acceptors (Lipinski definition) is 4. The van der Waals surface area contributed by atoms with Gasteiger partial charge in [-0.25, -0.2) is 14.2 Å². The van der Waals surface area contributed by atoms with Gasteiger partial charge in [0.05, 0.1) is 11.4 Å². The topological polar surface area (TPSA) is 65.3 Å². The van der Waals surface area contributed by atoms with Gasteiger partial charge in [0.15, 0.2) is 0 Å². The summed E-state index contributed by atoms with van der Waals surface area (Å²) in [6.45, 7) is 1.78. The minimum atomic E-state index is -0.768. The summed E-state index contributed by atoms with van der Waals surface area (Å²) < 4.78 is 13.4. The lowest BCUT2D eigenvalue weighted by Crippen LogP contribution is -2.59. The van der Waals surface area contributed by atoms with Gasteiger partial charge >= 0.3 is 6.03 Å². The Hall–Kier alpha value is -2.83. The van der Waals surface area contributed by atoms with Crippen LogP contribution in [0, 0.1) is 11.7 Å². The first-order valence-electron chi connectivity index (χ1n) is 7.04. The number of nitrogens with zero attached hydrogens (tertiary/aromatic N) is 4. The van der Waals surface area contributed by atoms with Crippen LogP contribution in [0.3, 0.4) is 0 Å². The SMILES string of the molecule is CC1=CN=C2C(C(=O)N(C)C(=O)N2C)C1=Nc1cccc(F)c1. The largest absolute Gasteiger partial charge is 0.331 e. The van der Waals surface area contributed by atoms with Crippen molar-refractivity contribution in [2.75, 3.05) is 14.1 Å². The number of fused-ring (bicyclic) bond motifs is 1. The molecule has 1 aromatic carbocycles. The summed E-state index contributed by atoms with van der Waals surface area (Å²) in [6, 6.07) is 5.38. The minimum Gasteiger partial charge on any atom is -0.284 e. The van der Waals surface area contributed by atoms with Gasteiger partial charge in [0.25, 0.3) is 0 Å². The number of halogens is 1. The lowest BCUT2D eigenvalue weighted by molar-refractivity contribution is -0.128. The van der Waals surface area contributed by atoms with Crippen LogP contribution in [-0.4, -0.2) is 47.4 Å². The second-order valence-electron chi connectivity index (χ2n) is 5.45. The summed E-state index contributed by atoms with van der Waals surface area (Å²) in [5, 5.41) is 0. The van der Waals surface area contributed by atoms with Gasteiger partial charge in [0.2, 0.25) is 5.91 Å². The first kappa shape index (κ1) is 15.1. The summed E-state index contributed by atoms with van der Waals surface area (Å²) in [4.78, 5) is 35.6. The Kier molecular flexibility index (Phi) is 3.55. The van der Waals surface area contributed by atoms with Crippen LogP contribution in [0.4, 0.5) is 14.9 Å². The van der Waals surface area contributed by atoms with E-state index in [0.29, 0.717) is 22.8 Å². The molecule has 0 bridgehead atoms. The number of hydrogen-bond donors (Lipinski definition) is 0. The van der Waals surface area contributed by atoms with Crippen LogP contribution in [0.2, 0.25) is 0 Å². The Morgan fingerprint density at radius 2 is 1.96 bits per heavy atom. The number of rotatable bonds is 1. The third-order valence-electron chi connectivity index (χ3n) is 3.88. The average Bonchev–Trinajstić information content (AvgIpc) is 2.52. The van der Waals surface area contributed by atoms with E-state index in [9.17, 15) is 14.0 Å². The molecule has 2 aliphatic rings. The number of aliphatic imine (C=N–C) groups is 2. The van der Waals surface area contributed by atoms with Crippen molar-refractivity contribution in [3.8, 4) is 0 Å². The number of benzene rings is 1. The predicted molar refractivity (Wildman–Crippen MR) is 84.1 cm³/mol. The number of amidine groups is 1. The van der Waals surface area contributed by atoms with Crippen molar-refractivity contribution >= 4 is 29.2 Å². The van der Waals surface area contributed by atoms with Crippen molar-refractivity contribution in [1.82, 2.24) is 9.80 Å². The lowest BCUT2D eigenvalue weighted by Gasteiger charge is -2.37. The molecule has 0 radical (unpaired) electrons. The van der Waals surface area contributed by atoms with E-state index >= 15 is 0 Å². The normalized spacial score (nSPS) is 23.0. The number of carbonyl (C=O) groups is 2. The molecule has 1 aromatic rings. The summed E-state index contributed by atoms with van der Waals surface area (Å²) in [6.07, 6.45) is 1.56. The first-order chi connectivity index (χ1) is 10.9. The van der Waals surface area contributed by atoms with E-state index in [2.05, 4.69) is 9.98 Å². The zero-order valence-corrected chi connectivity index (χ0v) is 12.9. The maximum atomic E-state index is 13.4. The third-order valence-corrected chi connectivity index (χ3v) is 3.88. The summed E-state index contributed by atoms with van der Waals surface area (Å²) >= 11 is 0. The van der Waals surface area contributed by atoms with Crippen molar-refractivity contribution in [3.63, 3.8) is 0 Å². The Bertz CT molecular complexity index is 797. The molecule has 7 heteroatoms. The van der Waals surface area contributed by atoms with Crippen LogP contribution < -0.4 is 0 Å². The number of allylic oxidation sites excluding steroid dienone is 1. The minimum absolute atomic E-state index is 0.332. The van der Waals surface area contributed by atoms with Gasteiger partial charge in [0.1, 0.15) is 17.6 Å². The fourth-order valence-corrected chi connectivity index (χ4v) is 2.61. The molecule has 0 N–H and O–H groups in total. The zero-order valence-electron chi connectivity index (χ0n) is 12.9. The molecule has 2 heterocycles. The quantitative estimate of drug-likeness (QED) is 0.798. The maximum Gasteiger partial charge on any atom is 0.331 e. The van der Waals surface area contributed by atoms with E-state index in [4.69, 9.17) is 0 Å². The molecular weight excluding hydrogens is 299 g/mol. The van der Waals surface area contributed by atoms with Crippen molar-refractivity contribution < 1.29 is 14.0 Å². The molecule has 3 amide bonds. The van der Waals surface area contributed by atoms with Gasteiger partial charge in [-0.05, 0) is 30.7 Å². The van der Waals surface area contributed by atoms with Crippen LogP contribution in [0.25, 0.3) is 0 Å². The first-order valence-corrected chi connectivity index (χ1v) is 7.04. The van der Waals surface area contributed by atoms with Crippen LogP contribution in [0.1, 0.15) is 6.92 Å². The highest BCUT2D eigenvalue weighted by Crippen LogP contribution is 2.27. The van der Waals surface area contributed by atoms with Crippen LogP contribution in [0.15, 0.2) is 46.0 Å². The van der Waals surface area contributed by atoms with E-state index in [1.54, 1.807) is 32.3 Å². The predicted octanol–water partition coefficient (Wildman–Crippen LogP) is 2.35. The molecule has 3 rings (SSSR count). The van der Waals surface area contributed by atoms with E-state index in [1.165, 1.54) is 24.1 Å². The number of urea groups is 1. The molecule has 6 nitrogen and oxygen atoms in total. The highest BCUT2D eigenvalue weighted by molar-refractivity contribution is 6.33. The highest BCUT2D eigenvalue weighted by atomic mass is 19.1.